The van der Waals surface area contributed by atoms with Crippen LogP contribution in [0.15, 0.2) is 18.2 Å². The Hall–Kier alpha value is -2.24. The Morgan fingerprint density at radius 1 is 1.23 bits per heavy atom. The molecule has 6 heteroatoms. The second kappa shape index (κ2) is 8.92. The molecule has 0 aliphatic carbocycles. The average molecular weight is 309 g/mol. The Balaban J connectivity index is 2.86. The maximum atomic E-state index is 12.0. The summed E-state index contributed by atoms with van der Waals surface area (Å²) in [6, 6.07) is 3.87. The van der Waals surface area contributed by atoms with Crippen molar-refractivity contribution in [2.75, 3.05) is 13.2 Å². The Labute approximate surface area is 130 Å². The first-order valence-corrected chi connectivity index (χ1v) is 7.42. The molecule has 1 aromatic carbocycles. The van der Waals surface area contributed by atoms with E-state index in [-0.39, 0.29) is 0 Å². The number of carboxylic acids is 1. The minimum Gasteiger partial charge on any atom is -0.490 e. The second-order valence-corrected chi connectivity index (χ2v) is 4.83. The van der Waals surface area contributed by atoms with Crippen molar-refractivity contribution in [3.63, 3.8) is 0 Å². The van der Waals surface area contributed by atoms with Crippen LogP contribution >= 0.6 is 0 Å². The van der Waals surface area contributed by atoms with Gasteiger partial charge in [-0.3, -0.25) is 9.59 Å². The number of unbranched alkanes of at least 4 members (excludes halogenated alkanes) is 1. The number of hydrogen-bond donors (Lipinski definition) is 2. The summed E-state index contributed by atoms with van der Waals surface area (Å²) in [5.74, 6) is -0.485. The fourth-order valence-corrected chi connectivity index (χ4v) is 1.71. The molecule has 0 radical (unpaired) electrons. The third-order valence-electron chi connectivity index (χ3n) is 2.98. The van der Waals surface area contributed by atoms with Crippen LogP contribution in [-0.4, -0.2) is 36.2 Å². The molecule has 0 aliphatic heterocycles. The molecule has 0 fully saturated rings. The van der Waals surface area contributed by atoms with E-state index in [9.17, 15) is 9.59 Å². The highest BCUT2D eigenvalue weighted by Gasteiger charge is 2.17. The van der Waals surface area contributed by atoms with Gasteiger partial charge in [-0.05, 0) is 38.5 Å². The van der Waals surface area contributed by atoms with Gasteiger partial charge < -0.3 is 19.9 Å². The summed E-state index contributed by atoms with van der Waals surface area (Å²) in [5, 5.41) is 11.2. The molecule has 0 saturated carbocycles. The lowest BCUT2D eigenvalue weighted by atomic mass is 10.1. The Morgan fingerprint density at radius 3 is 2.55 bits per heavy atom. The van der Waals surface area contributed by atoms with Crippen LogP contribution in [0.3, 0.4) is 0 Å². The molecule has 2 N–H and O–H groups in total. The number of carboxylic acid groups (broad SMARTS) is 1. The molecule has 1 rings (SSSR count). The molecule has 1 unspecified atom stereocenters. The molecule has 1 aromatic rings. The topological polar surface area (TPSA) is 84.9 Å². The largest absolute Gasteiger partial charge is 0.490 e. The van der Waals surface area contributed by atoms with Crippen LogP contribution in [0.4, 0.5) is 0 Å². The molecule has 1 amide bonds. The van der Waals surface area contributed by atoms with Crippen molar-refractivity contribution in [1.82, 2.24) is 5.32 Å². The molecular formula is C16H23NO5. The number of carbonyl (C=O) groups is 2. The van der Waals surface area contributed by atoms with Gasteiger partial charge in [-0.2, -0.15) is 0 Å². The van der Waals surface area contributed by atoms with E-state index in [2.05, 4.69) is 12.2 Å². The van der Waals surface area contributed by atoms with Gasteiger partial charge in [-0.1, -0.05) is 13.3 Å². The maximum absolute atomic E-state index is 12.0. The fraction of sp³-hybridized carbons (Fsp3) is 0.500. The van der Waals surface area contributed by atoms with Crippen LogP contribution in [0, 0.1) is 0 Å². The molecule has 22 heavy (non-hydrogen) atoms. The number of rotatable bonds is 9. The van der Waals surface area contributed by atoms with Crippen LogP contribution in [0.5, 0.6) is 11.5 Å². The van der Waals surface area contributed by atoms with E-state index in [1.54, 1.807) is 18.2 Å². The predicted molar refractivity (Wildman–Crippen MR) is 82.6 cm³/mol. The van der Waals surface area contributed by atoms with Crippen molar-refractivity contribution in [1.29, 1.82) is 0 Å². The van der Waals surface area contributed by atoms with E-state index in [4.69, 9.17) is 14.6 Å². The minimum atomic E-state index is -1.09. The first-order chi connectivity index (χ1) is 10.5. The van der Waals surface area contributed by atoms with Gasteiger partial charge in [-0.25, -0.2) is 0 Å². The summed E-state index contributed by atoms with van der Waals surface area (Å²) in [6.07, 6.45) is 1.96. The van der Waals surface area contributed by atoms with Gasteiger partial charge >= 0.3 is 5.97 Å². The van der Waals surface area contributed by atoms with Crippen molar-refractivity contribution in [2.24, 2.45) is 0 Å². The Kier molecular flexibility index (Phi) is 7.22. The van der Waals surface area contributed by atoms with Gasteiger partial charge in [-0.15, -0.1) is 0 Å². The lowest BCUT2D eigenvalue weighted by Gasteiger charge is -2.14. The molecule has 0 saturated heterocycles. The van der Waals surface area contributed by atoms with Gasteiger partial charge in [0, 0.05) is 5.56 Å². The number of benzene rings is 1. The highest BCUT2D eigenvalue weighted by molar-refractivity contribution is 5.97. The van der Waals surface area contributed by atoms with Gasteiger partial charge in [0.25, 0.3) is 5.91 Å². The van der Waals surface area contributed by atoms with Crippen molar-refractivity contribution < 1.29 is 24.2 Å². The van der Waals surface area contributed by atoms with E-state index < -0.39 is 17.9 Å². The van der Waals surface area contributed by atoms with E-state index in [0.717, 1.165) is 12.8 Å². The summed E-state index contributed by atoms with van der Waals surface area (Å²) < 4.78 is 11.1. The Morgan fingerprint density at radius 2 is 1.95 bits per heavy atom. The number of hydrogen-bond acceptors (Lipinski definition) is 4. The molecule has 0 heterocycles. The molecule has 0 bridgehead atoms. The monoisotopic (exact) mass is 309 g/mol. The van der Waals surface area contributed by atoms with E-state index in [1.165, 1.54) is 6.92 Å². The zero-order valence-corrected chi connectivity index (χ0v) is 13.2. The maximum Gasteiger partial charge on any atom is 0.325 e. The van der Waals surface area contributed by atoms with E-state index in [1.807, 2.05) is 6.92 Å². The molecular weight excluding hydrogens is 286 g/mol. The number of nitrogens with one attached hydrogen (secondary N) is 1. The number of aliphatic carboxylic acids is 1. The molecule has 122 valence electrons. The van der Waals surface area contributed by atoms with Crippen LogP contribution in [0.2, 0.25) is 0 Å². The lowest BCUT2D eigenvalue weighted by Crippen LogP contribution is -2.38. The lowest BCUT2D eigenvalue weighted by molar-refractivity contribution is -0.138. The SMILES string of the molecule is CCCCOc1ccc(C(=O)NC(C)C(=O)O)cc1OCC. The minimum absolute atomic E-state index is 0.333. The zero-order valence-electron chi connectivity index (χ0n) is 13.2. The van der Waals surface area contributed by atoms with Crippen molar-refractivity contribution in [3.05, 3.63) is 23.8 Å². The summed E-state index contributed by atoms with van der Waals surface area (Å²) in [4.78, 5) is 22.8. The van der Waals surface area contributed by atoms with Crippen LogP contribution in [0.25, 0.3) is 0 Å². The summed E-state index contributed by atoms with van der Waals surface area (Å²) in [5.41, 5.74) is 0.333. The Bertz CT molecular complexity index is 515. The van der Waals surface area contributed by atoms with Crippen molar-refractivity contribution in [2.45, 2.75) is 39.7 Å². The highest BCUT2D eigenvalue weighted by atomic mass is 16.5. The van der Waals surface area contributed by atoms with Gasteiger partial charge in [0.2, 0.25) is 0 Å². The zero-order chi connectivity index (χ0) is 16.5. The third-order valence-corrected chi connectivity index (χ3v) is 2.98. The summed E-state index contributed by atoms with van der Waals surface area (Å²) in [6.45, 7) is 6.35. The summed E-state index contributed by atoms with van der Waals surface area (Å²) in [7, 11) is 0. The van der Waals surface area contributed by atoms with E-state index >= 15 is 0 Å². The standard InChI is InChI=1S/C16H23NO5/c1-4-6-9-22-13-8-7-12(10-14(13)21-5-2)15(18)17-11(3)16(19)20/h7-8,10-11H,4-6,9H2,1-3H3,(H,17,18)(H,19,20). The first kappa shape index (κ1) is 17.8. The van der Waals surface area contributed by atoms with Gasteiger partial charge in [0.15, 0.2) is 11.5 Å². The number of carbonyl (C=O) groups excluding carboxylic acids is 1. The summed E-state index contributed by atoms with van der Waals surface area (Å²) >= 11 is 0. The quantitative estimate of drug-likeness (QED) is 0.684. The van der Waals surface area contributed by atoms with Crippen molar-refractivity contribution >= 4 is 11.9 Å². The molecule has 6 nitrogen and oxygen atoms in total. The van der Waals surface area contributed by atoms with Gasteiger partial charge in [0.05, 0.1) is 13.2 Å². The molecule has 0 aliphatic rings. The van der Waals surface area contributed by atoms with E-state index in [0.29, 0.717) is 30.3 Å². The fourth-order valence-electron chi connectivity index (χ4n) is 1.71. The highest BCUT2D eigenvalue weighted by Crippen LogP contribution is 2.28. The second-order valence-electron chi connectivity index (χ2n) is 4.83. The smallest absolute Gasteiger partial charge is 0.325 e. The first-order valence-electron chi connectivity index (χ1n) is 7.42. The van der Waals surface area contributed by atoms with Crippen LogP contribution in [-0.2, 0) is 4.79 Å². The predicted octanol–water partition coefficient (Wildman–Crippen LogP) is 2.47. The molecule has 1 atom stereocenters. The van der Waals surface area contributed by atoms with Crippen LogP contribution in [0.1, 0.15) is 44.0 Å². The molecule has 0 spiro atoms. The third kappa shape index (κ3) is 5.27. The van der Waals surface area contributed by atoms with Crippen LogP contribution < -0.4 is 14.8 Å². The normalized spacial score (nSPS) is 11.6. The van der Waals surface area contributed by atoms with Crippen molar-refractivity contribution in [3.8, 4) is 11.5 Å². The van der Waals surface area contributed by atoms with Gasteiger partial charge in [0.1, 0.15) is 6.04 Å². The number of ether oxygens (including phenoxy) is 2. The average Bonchev–Trinajstić information content (AvgIpc) is 2.48. The number of amides is 1. The molecule has 0 aromatic heterocycles.